The molecule has 1 saturated heterocycles. The van der Waals surface area contributed by atoms with Crippen LogP contribution >= 0.6 is 0 Å². The van der Waals surface area contributed by atoms with Gasteiger partial charge >= 0.3 is 11.9 Å². The summed E-state index contributed by atoms with van der Waals surface area (Å²) in [7, 11) is 1.39. The lowest BCUT2D eigenvalue weighted by Gasteiger charge is -2.71. The van der Waals surface area contributed by atoms with E-state index < -0.39 is 34.1 Å². The Morgan fingerprint density at radius 3 is 2.51 bits per heavy atom. The van der Waals surface area contributed by atoms with Gasteiger partial charge in [-0.15, -0.1) is 0 Å². The third-order valence-electron chi connectivity index (χ3n) is 10.9. The topological polar surface area (TPSA) is 99.1 Å². The number of aliphatic hydroxyl groups is 1. The van der Waals surface area contributed by atoms with Crippen LogP contribution in [0.4, 0.5) is 0 Å². The molecule has 5 rings (SSSR count). The van der Waals surface area contributed by atoms with Crippen LogP contribution in [0.2, 0.25) is 0 Å². The Labute approximate surface area is 207 Å². The first-order valence-electron chi connectivity index (χ1n) is 12.9. The number of rotatable bonds is 3. The van der Waals surface area contributed by atoms with E-state index in [1.807, 2.05) is 13.8 Å². The SMILES string of the molecule is C=C1C2CCC3(C)C(C4=CC(=O)OC4O)CCCC13OC1CC(=O)C(C)(C)C(CC(=O)OC)C12C. The van der Waals surface area contributed by atoms with Crippen molar-refractivity contribution < 1.29 is 33.7 Å². The second-order valence-electron chi connectivity index (χ2n) is 12.4. The third-order valence-corrected chi connectivity index (χ3v) is 10.9. The van der Waals surface area contributed by atoms with Crippen LogP contribution in [-0.4, -0.2) is 47.9 Å². The van der Waals surface area contributed by atoms with Gasteiger partial charge in [-0.3, -0.25) is 9.59 Å². The van der Waals surface area contributed by atoms with Crippen molar-refractivity contribution in [1.82, 2.24) is 0 Å². The number of ether oxygens (including phenoxy) is 3. The number of fused-ring (bicyclic) bond motifs is 3. The summed E-state index contributed by atoms with van der Waals surface area (Å²) in [6.07, 6.45) is 4.52. The average Bonchev–Trinajstić information content (AvgIpc) is 3.12. The maximum atomic E-state index is 13.4. The van der Waals surface area contributed by atoms with Gasteiger partial charge in [0.15, 0.2) is 0 Å². The molecule has 0 amide bonds. The lowest BCUT2D eigenvalue weighted by molar-refractivity contribution is -0.284. The summed E-state index contributed by atoms with van der Waals surface area (Å²) in [5.41, 5.74) is -0.506. The van der Waals surface area contributed by atoms with Crippen LogP contribution in [-0.2, 0) is 28.6 Å². The molecule has 5 aliphatic rings. The van der Waals surface area contributed by atoms with Gasteiger partial charge in [-0.1, -0.05) is 34.3 Å². The van der Waals surface area contributed by atoms with Crippen molar-refractivity contribution in [1.29, 1.82) is 0 Å². The molecule has 0 radical (unpaired) electrons. The summed E-state index contributed by atoms with van der Waals surface area (Å²) in [4.78, 5) is 37.9. The fraction of sp³-hybridized carbons (Fsp3) is 0.750. The van der Waals surface area contributed by atoms with Crippen molar-refractivity contribution in [3.63, 3.8) is 0 Å². The number of aliphatic hydroxyl groups excluding tert-OH is 1. The van der Waals surface area contributed by atoms with Crippen LogP contribution in [0, 0.1) is 34.0 Å². The van der Waals surface area contributed by atoms with E-state index in [1.165, 1.54) is 13.2 Å². The van der Waals surface area contributed by atoms with Crippen LogP contribution in [0.5, 0.6) is 0 Å². The minimum absolute atomic E-state index is 0.0821. The maximum absolute atomic E-state index is 13.4. The van der Waals surface area contributed by atoms with Crippen molar-refractivity contribution in [2.24, 2.45) is 34.0 Å². The summed E-state index contributed by atoms with van der Waals surface area (Å²) in [5, 5.41) is 10.5. The number of Topliss-reactive ketones (excluding diaryl/α,β-unsaturated/α-hetero) is 1. The zero-order chi connectivity index (χ0) is 25.6. The predicted molar refractivity (Wildman–Crippen MR) is 127 cm³/mol. The normalized spacial score (nSPS) is 46.3. The molecule has 2 heterocycles. The monoisotopic (exact) mass is 486 g/mol. The molecule has 1 N–H and O–H groups in total. The molecule has 8 unspecified atom stereocenters. The van der Waals surface area contributed by atoms with Crippen molar-refractivity contribution in [3.8, 4) is 0 Å². The predicted octanol–water partition coefficient (Wildman–Crippen LogP) is 3.88. The number of esters is 2. The number of carbonyl (C=O) groups is 3. The highest BCUT2D eigenvalue weighted by atomic mass is 16.6. The van der Waals surface area contributed by atoms with E-state index in [9.17, 15) is 19.5 Å². The fourth-order valence-electron chi connectivity index (χ4n) is 8.88. The van der Waals surface area contributed by atoms with Gasteiger partial charge in [0.1, 0.15) is 5.78 Å². The molecule has 7 nitrogen and oxygen atoms in total. The van der Waals surface area contributed by atoms with Crippen LogP contribution in [0.1, 0.15) is 72.6 Å². The number of ketones is 1. The fourth-order valence-corrected chi connectivity index (χ4v) is 8.88. The molecule has 0 aromatic heterocycles. The zero-order valence-electron chi connectivity index (χ0n) is 21.5. The minimum Gasteiger partial charge on any atom is -0.469 e. The highest BCUT2D eigenvalue weighted by Crippen LogP contribution is 2.72. The third kappa shape index (κ3) is 3.06. The Kier molecular flexibility index (Phi) is 5.47. The molecule has 35 heavy (non-hydrogen) atoms. The molecular weight excluding hydrogens is 448 g/mol. The first-order chi connectivity index (χ1) is 16.3. The Bertz CT molecular complexity index is 1030. The highest BCUT2D eigenvalue weighted by Gasteiger charge is 2.72. The first-order valence-corrected chi connectivity index (χ1v) is 12.9. The summed E-state index contributed by atoms with van der Waals surface area (Å²) in [5.74, 6) is -0.934. The average molecular weight is 487 g/mol. The van der Waals surface area contributed by atoms with Crippen molar-refractivity contribution >= 4 is 17.7 Å². The van der Waals surface area contributed by atoms with Gasteiger partial charge in [0, 0.05) is 40.7 Å². The molecule has 4 fully saturated rings. The Morgan fingerprint density at radius 2 is 1.89 bits per heavy atom. The molecular formula is C28H38O7. The van der Waals surface area contributed by atoms with Crippen LogP contribution in [0.3, 0.4) is 0 Å². The van der Waals surface area contributed by atoms with Crippen molar-refractivity contribution in [2.75, 3.05) is 7.11 Å². The van der Waals surface area contributed by atoms with E-state index in [1.54, 1.807) is 0 Å². The quantitative estimate of drug-likeness (QED) is 0.477. The van der Waals surface area contributed by atoms with E-state index in [0.717, 1.165) is 37.7 Å². The Balaban J connectivity index is 1.59. The molecule has 192 valence electrons. The van der Waals surface area contributed by atoms with E-state index >= 15 is 0 Å². The van der Waals surface area contributed by atoms with Gasteiger partial charge in [-0.05, 0) is 55.4 Å². The van der Waals surface area contributed by atoms with Crippen LogP contribution in [0.25, 0.3) is 0 Å². The number of hydrogen-bond acceptors (Lipinski definition) is 7. The highest BCUT2D eigenvalue weighted by molar-refractivity contribution is 5.87. The van der Waals surface area contributed by atoms with Crippen molar-refractivity contribution in [2.45, 2.75) is 90.6 Å². The summed E-state index contributed by atoms with van der Waals surface area (Å²) >= 11 is 0. The number of methoxy groups -OCH3 is 1. The number of cyclic esters (lactones) is 1. The Hall–Kier alpha value is -1.99. The second-order valence-corrected chi connectivity index (χ2v) is 12.4. The lowest BCUT2D eigenvalue weighted by atomic mass is 9.40. The maximum Gasteiger partial charge on any atom is 0.333 e. The van der Waals surface area contributed by atoms with E-state index in [4.69, 9.17) is 14.2 Å². The van der Waals surface area contributed by atoms with E-state index in [2.05, 4.69) is 20.4 Å². The van der Waals surface area contributed by atoms with Gasteiger partial charge in [0.2, 0.25) is 6.29 Å². The second kappa shape index (κ2) is 7.75. The summed E-state index contributed by atoms with van der Waals surface area (Å²) < 4.78 is 17.2. The van der Waals surface area contributed by atoms with Gasteiger partial charge in [0.25, 0.3) is 0 Å². The Morgan fingerprint density at radius 1 is 1.17 bits per heavy atom. The van der Waals surface area contributed by atoms with E-state index in [-0.39, 0.29) is 42.0 Å². The molecule has 2 bridgehead atoms. The summed E-state index contributed by atoms with van der Waals surface area (Å²) in [6.45, 7) is 12.9. The van der Waals surface area contributed by atoms with Crippen molar-refractivity contribution in [3.05, 3.63) is 23.8 Å². The smallest absolute Gasteiger partial charge is 0.333 e. The molecule has 3 aliphatic carbocycles. The molecule has 7 heteroatoms. The van der Waals surface area contributed by atoms with E-state index in [0.29, 0.717) is 12.0 Å². The molecule has 0 aromatic rings. The van der Waals surface area contributed by atoms with Gasteiger partial charge in [0.05, 0.1) is 18.8 Å². The standard InChI is InChI=1S/C28H38O7/c1-15-17-9-11-26(4)18(16-12-23(31)34-24(16)32)8-7-10-28(15,26)35-21-14-20(29)25(2,3)19(27(17,21)5)13-22(30)33-6/h12,17-19,21,24,32H,1,7-11,13-14H2,2-6H3. The van der Waals surface area contributed by atoms with Gasteiger partial charge in [-0.25, -0.2) is 4.79 Å². The number of carbonyl (C=O) groups excluding carboxylic acids is 3. The van der Waals surface area contributed by atoms with Crippen LogP contribution in [0.15, 0.2) is 23.8 Å². The first kappa shape index (κ1) is 24.7. The largest absolute Gasteiger partial charge is 0.469 e. The van der Waals surface area contributed by atoms with Crippen LogP contribution < -0.4 is 0 Å². The molecule has 2 aliphatic heterocycles. The molecule has 8 atom stereocenters. The van der Waals surface area contributed by atoms with Gasteiger partial charge < -0.3 is 19.3 Å². The zero-order valence-corrected chi connectivity index (χ0v) is 21.5. The molecule has 1 spiro atoms. The van der Waals surface area contributed by atoms with Gasteiger partial charge in [-0.2, -0.15) is 0 Å². The lowest BCUT2D eigenvalue weighted by Crippen LogP contribution is -2.72. The summed E-state index contributed by atoms with van der Waals surface area (Å²) in [6, 6.07) is 0. The molecule has 0 aromatic carbocycles. The molecule has 3 saturated carbocycles. The minimum atomic E-state index is -1.22. The number of hydrogen-bond donors (Lipinski definition) is 1.